The van der Waals surface area contributed by atoms with Gasteiger partial charge in [-0.3, -0.25) is 4.79 Å². The molecule has 0 fully saturated rings. The minimum Gasteiger partial charge on any atom is -0.352 e. The van der Waals surface area contributed by atoms with Gasteiger partial charge >= 0.3 is 0 Å². The second-order valence-corrected chi connectivity index (χ2v) is 6.95. The van der Waals surface area contributed by atoms with Gasteiger partial charge in [-0.2, -0.15) is 0 Å². The van der Waals surface area contributed by atoms with Gasteiger partial charge in [0, 0.05) is 41.0 Å². The average Bonchev–Trinajstić information content (AvgIpc) is 3.16. The number of halogens is 2. The molecular formula is C21H19Cl2N3O. The normalized spacial score (nSPS) is 11.0. The molecule has 0 saturated heterocycles. The van der Waals surface area contributed by atoms with E-state index in [0.717, 1.165) is 23.2 Å². The molecule has 3 rings (SSSR count). The van der Waals surface area contributed by atoms with Crippen LogP contribution in [0.4, 0.5) is 0 Å². The first kappa shape index (κ1) is 19.2. The van der Waals surface area contributed by atoms with Gasteiger partial charge in [-0.25, -0.2) is 4.98 Å². The summed E-state index contributed by atoms with van der Waals surface area (Å²) in [6, 6.07) is 13.4. The van der Waals surface area contributed by atoms with E-state index in [1.807, 2.05) is 36.5 Å². The number of aromatic amines is 1. The van der Waals surface area contributed by atoms with Crippen molar-refractivity contribution in [2.45, 2.75) is 12.8 Å². The number of nitrogens with zero attached hydrogens (tertiary/aromatic N) is 1. The minimum atomic E-state index is -0.137. The van der Waals surface area contributed by atoms with E-state index in [-0.39, 0.29) is 5.91 Å². The van der Waals surface area contributed by atoms with Crippen LogP contribution in [0.1, 0.15) is 22.4 Å². The van der Waals surface area contributed by atoms with Crippen LogP contribution >= 0.6 is 23.2 Å². The first-order valence-corrected chi connectivity index (χ1v) is 9.32. The Balaban J connectivity index is 1.46. The van der Waals surface area contributed by atoms with E-state index in [0.29, 0.717) is 23.0 Å². The number of rotatable bonds is 7. The zero-order valence-corrected chi connectivity index (χ0v) is 16.1. The van der Waals surface area contributed by atoms with Crippen molar-refractivity contribution in [1.29, 1.82) is 0 Å². The summed E-state index contributed by atoms with van der Waals surface area (Å²) in [5.41, 5.74) is 4.18. The van der Waals surface area contributed by atoms with Crippen LogP contribution < -0.4 is 5.32 Å². The van der Waals surface area contributed by atoms with Crippen molar-refractivity contribution in [1.82, 2.24) is 15.3 Å². The maximum atomic E-state index is 12.0. The fourth-order valence-corrected chi connectivity index (χ4v) is 3.13. The van der Waals surface area contributed by atoms with Crippen LogP contribution in [0.3, 0.4) is 0 Å². The molecule has 0 atom stereocenters. The molecule has 0 saturated carbocycles. The summed E-state index contributed by atoms with van der Waals surface area (Å²) in [5.74, 6) is -0.137. The van der Waals surface area contributed by atoms with Crippen LogP contribution in [-0.2, 0) is 17.6 Å². The summed E-state index contributed by atoms with van der Waals surface area (Å²) in [5, 5.41) is 4.07. The SMILES string of the molecule is O=C(/C=C/c1ccc(Cc2cnc[nH]2)cc1)NCCc1ccc(Cl)cc1Cl. The number of benzene rings is 2. The summed E-state index contributed by atoms with van der Waals surface area (Å²) in [7, 11) is 0. The molecule has 1 amide bonds. The van der Waals surface area contributed by atoms with Crippen LogP contribution in [0.5, 0.6) is 0 Å². The topological polar surface area (TPSA) is 57.8 Å². The van der Waals surface area contributed by atoms with Crippen LogP contribution in [0, 0.1) is 0 Å². The van der Waals surface area contributed by atoms with Gasteiger partial charge < -0.3 is 10.3 Å². The molecule has 0 radical (unpaired) electrons. The molecule has 0 spiro atoms. The van der Waals surface area contributed by atoms with Crippen molar-refractivity contribution >= 4 is 35.2 Å². The van der Waals surface area contributed by atoms with Gasteiger partial charge in [0.15, 0.2) is 0 Å². The molecule has 3 aromatic rings. The predicted molar refractivity (Wildman–Crippen MR) is 110 cm³/mol. The van der Waals surface area contributed by atoms with E-state index < -0.39 is 0 Å². The average molecular weight is 400 g/mol. The van der Waals surface area contributed by atoms with Crippen molar-refractivity contribution < 1.29 is 4.79 Å². The molecule has 0 unspecified atom stereocenters. The van der Waals surface area contributed by atoms with Gasteiger partial charge in [0.25, 0.3) is 0 Å². The van der Waals surface area contributed by atoms with Crippen molar-refractivity contribution in [2.75, 3.05) is 6.54 Å². The molecule has 6 heteroatoms. The number of H-pyrrole nitrogens is 1. The molecule has 2 aromatic carbocycles. The van der Waals surface area contributed by atoms with Gasteiger partial charge in [-0.15, -0.1) is 0 Å². The Labute approximate surface area is 168 Å². The maximum absolute atomic E-state index is 12.0. The van der Waals surface area contributed by atoms with E-state index in [1.165, 1.54) is 11.6 Å². The molecule has 2 N–H and O–H groups in total. The van der Waals surface area contributed by atoms with E-state index in [1.54, 1.807) is 24.5 Å². The number of hydrogen-bond donors (Lipinski definition) is 2. The van der Waals surface area contributed by atoms with E-state index in [4.69, 9.17) is 23.2 Å². The molecule has 27 heavy (non-hydrogen) atoms. The first-order valence-electron chi connectivity index (χ1n) is 8.56. The lowest BCUT2D eigenvalue weighted by molar-refractivity contribution is -0.116. The second kappa shape index (κ2) is 9.40. The Kier molecular flexibility index (Phi) is 6.69. The molecule has 0 aliphatic carbocycles. The number of nitrogens with one attached hydrogen (secondary N) is 2. The molecule has 4 nitrogen and oxygen atoms in total. The lowest BCUT2D eigenvalue weighted by atomic mass is 10.1. The highest BCUT2D eigenvalue weighted by Crippen LogP contribution is 2.21. The van der Waals surface area contributed by atoms with Crippen LogP contribution in [0.25, 0.3) is 6.08 Å². The Morgan fingerprint density at radius 1 is 1.15 bits per heavy atom. The highest BCUT2D eigenvalue weighted by molar-refractivity contribution is 6.35. The number of carbonyl (C=O) groups excluding carboxylic acids is 1. The summed E-state index contributed by atoms with van der Waals surface area (Å²) < 4.78 is 0. The van der Waals surface area contributed by atoms with Gasteiger partial charge in [0.05, 0.1) is 6.33 Å². The number of imidazole rings is 1. The lowest BCUT2D eigenvalue weighted by Gasteiger charge is -2.05. The van der Waals surface area contributed by atoms with Crippen molar-refractivity contribution in [3.05, 3.63) is 93.5 Å². The molecule has 0 aliphatic heterocycles. The minimum absolute atomic E-state index is 0.137. The monoisotopic (exact) mass is 399 g/mol. The molecule has 0 aliphatic rings. The maximum Gasteiger partial charge on any atom is 0.244 e. The zero-order valence-electron chi connectivity index (χ0n) is 14.6. The van der Waals surface area contributed by atoms with E-state index >= 15 is 0 Å². The molecule has 138 valence electrons. The van der Waals surface area contributed by atoms with Gasteiger partial charge in [-0.05, 0) is 41.3 Å². The smallest absolute Gasteiger partial charge is 0.244 e. The molecular weight excluding hydrogens is 381 g/mol. The first-order chi connectivity index (χ1) is 13.1. The molecule has 1 aromatic heterocycles. The van der Waals surface area contributed by atoms with Gasteiger partial charge in [-0.1, -0.05) is 53.5 Å². The van der Waals surface area contributed by atoms with Gasteiger partial charge in [0.2, 0.25) is 5.91 Å². The fraction of sp³-hybridized carbons (Fsp3) is 0.143. The highest BCUT2D eigenvalue weighted by Gasteiger charge is 2.02. The molecule has 0 bridgehead atoms. The zero-order chi connectivity index (χ0) is 19.1. The third kappa shape index (κ3) is 5.98. The van der Waals surface area contributed by atoms with Crippen LogP contribution in [0.2, 0.25) is 10.0 Å². The third-order valence-electron chi connectivity index (χ3n) is 4.06. The Bertz CT molecular complexity index is 919. The number of amides is 1. The summed E-state index contributed by atoms with van der Waals surface area (Å²) >= 11 is 12.0. The summed E-state index contributed by atoms with van der Waals surface area (Å²) in [6.45, 7) is 0.508. The number of aromatic nitrogens is 2. The van der Waals surface area contributed by atoms with Crippen LogP contribution in [-0.4, -0.2) is 22.4 Å². The Morgan fingerprint density at radius 3 is 2.67 bits per heavy atom. The lowest BCUT2D eigenvalue weighted by Crippen LogP contribution is -2.23. The summed E-state index contributed by atoms with van der Waals surface area (Å²) in [6.07, 6.45) is 8.27. The summed E-state index contributed by atoms with van der Waals surface area (Å²) in [4.78, 5) is 19.1. The van der Waals surface area contributed by atoms with Crippen molar-refractivity contribution in [3.8, 4) is 0 Å². The Hall–Kier alpha value is -2.56. The second-order valence-electron chi connectivity index (χ2n) is 6.11. The highest BCUT2D eigenvalue weighted by atomic mass is 35.5. The van der Waals surface area contributed by atoms with E-state index in [9.17, 15) is 4.79 Å². The fourth-order valence-electron chi connectivity index (χ4n) is 2.62. The largest absolute Gasteiger partial charge is 0.352 e. The van der Waals surface area contributed by atoms with E-state index in [2.05, 4.69) is 15.3 Å². The van der Waals surface area contributed by atoms with Crippen molar-refractivity contribution in [2.24, 2.45) is 0 Å². The quantitative estimate of drug-likeness (QED) is 0.566. The predicted octanol–water partition coefficient (Wildman–Crippen LogP) is 4.68. The van der Waals surface area contributed by atoms with Crippen molar-refractivity contribution in [3.63, 3.8) is 0 Å². The molecule has 1 heterocycles. The van der Waals surface area contributed by atoms with Crippen LogP contribution in [0.15, 0.2) is 61.1 Å². The number of carbonyl (C=O) groups is 1. The Morgan fingerprint density at radius 2 is 1.96 bits per heavy atom. The standard InChI is InChI=1S/C21H19Cl2N3O/c22-18-7-6-17(20(23)12-18)9-10-25-21(27)8-5-15-1-3-16(4-2-15)11-19-13-24-14-26-19/h1-8,12-14H,9-11H2,(H,24,26)(H,25,27)/b8-5+. The van der Waals surface area contributed by atoms with Gasteiger partial charge in [0.1, 0.15) is 0 Å². The third-order valence-corrected chi connectivity index (χ3v) is 4.65. The number of hydrogen-bond acceptors (Lipinski definition) is 2.